The van der Waals surface area contributed by atoms with Gasteiger partial charge in [-0.15, -0.1) is 0 Å². The molecule has 0 aliphatic carbocycles. The van der Waals surface area contributed by atoms with Crippen molar-refractivity contribution in [1.82, 2.24) is 10.3 Å². The first-order valence-electron chi connectivity index (χ1n) is 6.59. The van der Waals surface area contributed by atoms with Gasteiger partial charge in [0.05, 0.1) is 0 Å². The number of pyridine rings is 1. The Morgan fingerprint density at radius 1 is 1.14 bits per heavy atom. The lowest BCUT2D eigenvalue weighted by atomic mass is 10.1. The highest BCUT2D eigenvalue weighted by molar-refractivity contribution is 6.01. The van der Waals surface area contributed by atoms with Gasteiger partial charge >= 0.3 is 0 Å². The van der Waals surface area contributed by atoms with E-state index in [0.29, 0.717) is 5.56 Å². The third kappa shape index (κ3) is 3.92. The summed E-state index contributed by atoms with van der Waals surface area (Å²) in [6.07, 6.45) is 4.41. The lowest BCUT2D eigenvalue weighted by molar-refractivity contribution is -0.111. The molecule has 2 amide bonds. The van der Waals surface area contributed by atoms with Gasteiger partial charge in [0.25, 0.3) is 11.5 Å². The molecule has 1 aromatic carbocycles. The molecule has 0 radical (unpaired) electrons. The zero-order valence-electron chi connectivity index (χ0n) is 11.9. The number of hydrogen-bond donors (Lipinski definition) is 3. The number of amides is 2. The fourth-order valence-electron chi connectivity index (χ4n) is 1.76. The summed E-state index contributed by atoms with van der Waals surface area (Å²) in [6, 6.07) is 9.92. The van der Waals surface area contributed by atoms with Gasteiger partial charge in [0, 0.05) is 24.9 Å². The molecular weight excluding hydrogens is 282 g/mol. The van der Waals surface area contributed by atoms with Crippen molar-refractivity contribution in [2.24, 2.45) is 0 Å². The van der Waals surface area contributed by atoms with Crippen LogP contribution in [0.2, 0.25) is 0 Å². The van der Waals surface area contributed by atoms with Crippen molar-refractivity contribution in [3.8, 4) is 0 Å². The molecule has 6 heteroatoms. The monoisotopic (exact) mass is 297 g/mol. The molecule has 0 aliphatic rings. The molecule has 1 aromatic heterocycles. The molecule has 0 spiro atoms. The Balaban J connectivity index is 2.02. The molecule has 0 atom stereocenters. The summed E-state index contributed by atoms with van der Waals surface area (Å²) >= 11 is 0. The Morgan fingerprint density at radius 3 is 2.50 bits per heavy atom. The van der Waals surface area contributed by atoms with Crippen molar-refractivity contribution < 1.29 is 9.59 Å². The average Bonchev–Trinajstić information content (AvgIpc) is 2.55. The maximum Gasteiger partial charge on any atom is 0.271 e. The molecule has 1 heterocycles. The van der Waals surface area contributed by atoms with Gasteiger partial charge in [0.15, 0.2) is 0 Å². The van der Waals surface area contributed by atoms with E-state index in [1.54, 1.807) is 43.5 Å². The summed E-state index contributed by atoms with van der Waals surface area (Å²) in [5.74, 6) is -0.580. The van der Waals surface area contributed by atoms with Crippen LogP contribution < -0.4 is 16.2 Å². The van der Waals surface area contributed by atoms with Crippen molar-refractivity contribution >= 4 is 23.6 Å². The second-order valence-electron chi connectivity index (χ2n) is 4.44. The fourth-order valence-corrected chi connectivity index (χ4v) is 1.76. The van der Waals surface area contributed by atoms with E-state index in [1.165, 1.54) is 18.3 Å². The number of carbonyl (C=O) groups is 2. The first kappa shape index (κ1) is 15.2. The van der Waals surface area contributed by atoms with Crippen LogP contribution in [-0.4, -0.2) is 23.8 Å². The second-order valence-corrected chi connectivity index (χ2v) is 4.44. The van der Waals surface area contributed by atoms with Gasteiger partial charge in [0.2, 0.25) is 5.91 Å². The standard InChI is InChI=1S/C16H15N3O3/c1-17-15(21)12-7-4-11(5-8-12)6-9-14(20)19-13-3-2-10-18-16(13)22/h2-10H,1H3,(H,17,21)(H,18,22)(H,19,20)/b9-6+. The van der Waals surface area contributed by atoms with Gasteiger partial charge in [-0.1, -0.05) is 12.1 Å². The van der Waals surface area contributed by atoms with Gasteiger partial charge in [-0.2, -0.15) is 0 Å². The predicted molar refractivity (Wildman–Crippen MR) is 84.6 cm³/mol. The van der Waals surface area contributed by atoms with E-state index >= 15 is 0 Å². The third-order valence-corrected chi connectivity index (χ3v) is 2.90. The van der Waals surface area contributed by atoms with Crippen molar-refractivity contribution in [2.75, 3.05) is 12.4 Å². The van der Waals surface area contributed by atoms with Gasteiger partial charge in [-0.05, 0) is 35.9 Å². The van der Waals surface area contributed by atoms with E-state index in [2.05, 4.69) is 15.6 Å². The molecule has 0 bridgehead atoms. The number of rotatable bonds is 4. The van der Waals surface area contributed by atoms with E-state index in [-0.39, 0.29) is 17.2 Å². The highest BCUT2D eigenvalue weighted by Crippen LogP contribution is 2.06. The SMILES string of the molecule is CNC(=O)c1ccc(/C=C/C(=O)Nc2ccc[nH]c2=O)cc1. The van der Waals surface area contributed by atoms with Crippen molar-refractivity contribution in [3.05, 3.63) is 70.2 Å². The Bertz CT molecular complexity index is 761. The molecule has 0 saturated carbocycles. The molecule has 112 valence electrons. The topological polar surface area (TPSA) is 91.1 Å². The van der Waals surface area contributed by atoms with Crippen LogP contribution in [0.4, 0.5) is 5.69 Å². The summed E-state index contributed by atoms with van der Waals surface area (Å²) in [6.45, 7) is 0. The summed E-state index contributed by atoms with van der Waals surface area (Å²) < 4.78 is 0. The highest BCUT2D eigenvalue weighted by Gasteiger charge is 2.03. The Kier molecular flexibility index (Phi) is 4.87. The zero-order valence-corrected chi connectivity index (χ0v) is 11.9. The quantitative estimate of drug-likeness (QED) is 0.745. The summed E-state index contributed by atoms with van der Waals surface area (Å²) in [4.78, 5) is 37.0. The van der Waals surface area contributed by atoms with Crippen LogP contribution in [-0.2, 0) is 4.79 Å². The third-order valence-electron chi connectivity index (χ3n) is 2.90. The highest BCUT2D eigenvalue weighted by atomic mass is 16.2. The molecule has 0 fully saturated rings. The number of aromatic amines is 1. The molecule has 22 heavy (non-hydrogen) atoms. The second kappa shape index (κ2) is 7.03. The van der Waals surface area contributed by atoms with Crippen LogP contribution in [0.15, 0.2) is 53.5 Å². The fraction of sp³-hybridized carbons (Fsp3) is 0.0625. The Hall–Kier alpha value is -3.15. The first-order chi connectivity index (χ1) is 10.6. The minimum absolute atomic E-state index is 0.170. The van der Waals surface area contributed by atoms with Gasteiger partial charge in [0.1, 0.15) is 5.69 Å². The van der Waals surface area contributed by atoms with Crippen LogP contribution in [0.25, 0.3) is 6.08 Å². The number of benzene rings is 1. The number of nitrogens with one attached hydrogen (secondary N) is 3. The molecule has 0 saturated heterocycles. The van der Waals surface area contributed by atoms with E-state index in [1.807, 2.05) is 0 Å². The minimum atomic E-state index is -0.410. The van der Waals surface area contributed by atoms with Crippen molar-refractivity contribution in [3.63, 3.8) is 0 Å². The number of anilines is 1. The number of aromatic nitrogens is 1. The zero-order chi connectivity index (χ0) is 15.9. The van der Waals surface area contributed by atoms with E-state index < -0.39 is 5.91 Å². The van der Waals surface area contributed by atoms with E-state index in [4.69, 9.17) is 0 Å². The number of hydrogen-bond acceptors (Lipinski definition) is 3. The lowest BCUT2D eigenvalue weighted by Crippen LogP contribution is -2.17. The maximum atomic E-state index is 11.7. The molecular formula is C16H15N3O3. The molecule has 2 aromatic rings. The van der Waals surface area contributed by atoms with Crippen LogP contribution in [0.5, 0.6) is 0 Å². The van der Waals surface area contributed by atoms with Crippen LogP contribution in [0, 0.1) is 0 Å². The van der Waals surface area contributed by atoms with Gasteiger partial charge in [-0.25, -0.2) is 0 Å². The van der Waals surface area contributed by atoms with Crippen molar-refractivity contribution in [1.29, 1.82) is 0 Å². The molecule has 3 N–H and O–H groups in total. The summed E-state index contributed by atoms with van der Waals surface area (Å²) in [5, 5.41) is 5.02. The first-order valence-corrected chi connectivity index (χ1v) is 6.59. The number of H-pyrrole nitrogens is 1. The predicted octanol–water partition coefficient (Wildman–Crippen LogP) is 1.39. The van der Waals surface area contributed by atoms with Crippen LogP contribution in [0.1, 0.15) is 15.9 Å². The average molecular weight is 297 g/mol. The van der Waals surface area contributed by atoms with Crippen LogP contribution >= 0.6 is 0 Å². The normalized spacial score (nSPS) is 10.4. The van der Waals surface area contributed by atoms with Gasteiger partial charge < -0.3 is 15.6 Å². The van der Waals surface area contributed by atoms with Crippen molar-refractivity contribution in [2.45, 2.75) is 0 Å². The molecule has 2 rings (SSSR count). The smallest absolute Gasteiger partial charge is 0.271 e. The van der Waals surface area contributed by atoms with Crippen LogP contribution in [0.3, 0.4) is 0 Å². The minimum Gasteiger partial charge on any atom is -0.355 e. The Morgan fingerprint density at radius 2 is 1.86 bits per heavy atom. The molecule has 0 unspecified atom stereocenters. The Labute approximate surface area is 126 Å². The lowest BCUT2D eigenvalue weighted by Gasteiger charge is -2.01. The summed E-state index contributed by atoms with van der Waals surface area (Å²) in [5.41, 5.74) is 1.14. The molecule has 6 nitrogen and oxygen atoms in total. The van der Waals surface area contributed by atoms with E-state index in [9.17, 15) is 14.4 Å². The summed E-state index contributed by atoms with van der Waals surface area (Å²) in [7, 11) is 1.56. The molecule has 0 aliphatic heterocycles. The van der Waals surface area contributed by atoms with E-state index in [0.717, 1.165) is 5.56 Å². The largest absolute Gasteiger partial charge is 0.355 e. The maximum absolute atomic E-state index is 11.7. The van der Waals surface area contributed by atoms with Gasteiger partial charge in [-0.3, -0.25) is 14.4 Å². The number of carbonyl (C=O) groups excluding carboxylic acids is 2.